The summed E-state index contributed by atoms with van der Waals surface area (Å²) >= 11 is 4.12. The third kappa shape index (κ3) is 6.91. The van der Waals surface area contributed by atoms with Crippen LogP contribution in [0.3, 0.4) is 0 Å². The number of anilines is 2. The molecule has 12 heteroatoms. The van der Waals surface area contributed by atoms with Gasteiger partial charge in [0.05, 0.1) is 5.75 Å². The number of amides is 1. The van der Waals surface area contributed by atoms with E-state index in [0.717, 1.165) is 5.56 Å². The summed E-state index contributed by atoms with van der Waals surface area (Å²) in [6, 6.07) is 7.27. The average Bonchev–Trinajstić information content (AvgIpc) is 3.32. The Bertz CT molecular complexity index is 930. The number of alkyl halides is 3. The highest BCUT2D eigenvalue weighted by Gasteiger charge is 2.30. The number of rotatable bonds is 8. The number of aromatic nitrogens is 2. The van der Waals surface area contributed by atoms with Gasteiger partial charge in [-0.05, 0) is 46.7 Å². The molecule has 3 rings (SSSR count). The van der Waals surface area contributed by atoms with Crippen LogP contribution in [0.5, 0.6) is 5.75 Å². The van der Waals surface area contributed by atoms with Crippen LogP contribution in [0.2, 0.25) is 0 Å². The molecule has 0 spiro atoms. The van der Waals surface area contributed by atoms with Crippen molar-refractivity contribution < 1.29 is 22.7 Å². The SMILES string of the molecule is CN(Cc1ccsc1)C(=O)CSc1nnc(Nc2ccc(OC(F)(F)F)cc2)s1. The number of thiophene rings is 1. The number of halogens is 3. The van der Waals surface area contributed by atoms with Crippen LogP contribution in [0.25, 0.3) is 0 Å². The van der Waals surface area contributed by atoms with Gasteiger partial charge in [0, 0.05) is 19.3 Å². The third-order valence-corrected chi connectivity index (χ3v) is 6.18. The summed E-state index contributed by atoms with van der Waals surface area (Å²) in [5.41, 5.74) is 1.63. The summed E-state index contributed by atoms with van der Waals surface area (Å²) in [6.07, 6.45) is -4.73. The van der Waals surface area contributed by atoms with Gasteiger partial charge in [0.1, 0.15) is 5.75 Å². The van der Waals surface area contributed by atoms with Crippen molar-refractivity contribution in [2.75, 3.05) is 18.1 Å². The molecule has 29 heavy (non-hydrogen) atoms. The standard InChI is InChI=1S/C17H15F3N4O2S3/c1-24(8-11-6-7-27-9-11)14(25)10-28-16-23-22-15(29-16)21-12-2-4-13(5-3-12)26-17(18,19)20/h2-7,9H,8,10H2,1H3,(H,21,22). The second-order valence-corrected chi connectivity index (χ2v) is 8.72. The van der Waals surface area contributed by atoms with Crippen LogP contribution in [0.1, 0.15) is 5.56 Å². The molecule has 0 saturated heterocycles. The molecule has 2 aromatic heterocycles. The van der Waals surface area contributed by atoms with Gasteiger partial charge in [0.2, 0.25) is 11.0 Å². The van der Waals surface area contributed by atoms with Crippen molar-refractivity contribution in [1.82, 2.24) is 15.1 Å². The van der Waals surface area contributed by atoms with Crippen molar-refractivity contribution in [3.63, 3.8) is 0 Å². The van der Waals surface area contributed by atoms with Crippen LogP contribution in [0.15, 0.2) is 45.4 Å². The average molecular weight is 461 g/mol. The molecule has 6 nitrogen and oxygen atoms in total. The summed E-state index contributed by atoms with van der Waals surface area (Å²) in [5.74, 6) is -0.0912. The Hall–Kier alpha value is -2.31. The summed E-state index contributed by atoms with van der Waals surface area (Å²) in [5, 5.41) is 15.4. The fourth-order valence-electron chi connectivity index (χ4n) is 2.16. The van der Waals surface area contributed by atoms with Crippen LogP contribution in [-0.2, 0) is 11.3 Å². The van der Waals surface area contributed by atoms with Gasteiger partial charge in [-0.25, -0.2) is 0 Å². The highest BCUT2D eigenvalue weighted by Crippen LogP contribution is 2.29. The van der Waals surface area contributed by atoms with Crippen molar-refractivity contribution in [3.8, 4) is 5.75 Å². The maximum Gasteiger partial charge on any atom is 0.573 e. The number of ether oxygens (including phenoxy) is 1. The number of hydrogen-bond donors (Lipinski definition) is 1. The number of benzene rings is 1. The maximum atomic E-state index is 12.2. The Morgan fingerprint density at radius 1 is 1.24 bits per heavy atom. The van der Waals surface area contributed by atoms with Crippen molar-refractivity contribution in [1.29, 1.82) is 0 Å². The molecule has 0 aliphatic rings. The first-order chi connectivity index (χ1) is 13.8. The molecule has 0 bridgehead atoms. The summed E-state index contributed by atoms with van der Waals surface area (Å²) in [4.78, 5) is 13.9. The van der Waals surface area contributed by atoms with Gasteiger partial charge >= 0.3 is 6.36 Å². The Morgan fingerprint density at radius 2 is 2.00 bits per heavy atom. The molecule has 0 unspecified atom stereocenters. The fourth-order valence-corrected chi connectivity index (χ4v) is 4.53. The number of carbonyl (C=O) groups is 1. The second-order valence-electron chi connectivity index (χ2n) is 5.74. The molecule has 1 amide bonds. The largest absolute Gasteiger partial charge is 0.573 e. The van der Waals surface area contributed by atoms with E-state index in [1.807, 2.05) is 16.8 Å². The quantitative estimate of drug-likeness (QED) is 0.478. The Morgan fingerprint density at radius 3 is 2.66 bits per heavy atom. The lowest BCUT2D eigenvalue weighted by molar-refractivity contribution is -0.274. The van der Waals surface area contributed by atoms with Crippen molar-refractivity contribution >= 4 is 51.2 Å². The van der Waals surface area contributed by atoms with E-state index in [9.17, 15) is 18.0 Å². The molecule has 0 aliphatic heterocycles. The Kier molecular flexibility index (Phi) is 6.98. The van der Waals surface area contributed by atoms with Crippen LogP contribution in [0, 0.1) is 0 Å². The summed E-state index contributed by atoms with van der Waals surface area (Å²) in [6.45, 7) is 0.555. The molecular formula is C17H15F3N4O2S3. The van der Waals surface area contributed by atoms with Crippen molar-refractivity contribution in [2.24, 2.45) is 0 Å². The predicted octanol–water partition coefficient (Wildman–Crippen LogP) is 4.99. The first-order valence-electron chi connectivity index (χ1n) is 8.13. The van der Waals surface area contributed by atoms with Gasteiger partial charge in [-0.3, -0.25) is 4.79 Å². The summed E-state index contributed by atoms with van der Waals surface area (Å²) < 4.78 is 41.0. The van der Waals surface area contributed by atoms with E-state index in [1.54, 1.807) is 23.3 Å². The molecule has 0 fully saturated rings. The Labute approximate surface area is 176 Å². The van der Waals surface area contributed by atoms with Crippen LogP contribution >= 0.6 is 34.4 Å². The van der Waals surface area contributed by atoms with E-state index in [1.165, 1.54) is 47.4 Å². The number of carbonyl (C=O) groups excluding carboxylic acids is 1. The van der Waals surface area contributed by atoms with Gasteiger partial charge in [0.25, 0.3) is 0 Å². The minimum Gasteiger partial charge on any atom is -0.406 e. The van der Waals surface area contributed by atoms with E-state index in [2.05, 4.69) is 20.3 Å². The molecule has 0 atom stereocenters. The minimum atomic E-state index is -4.73. The molecule has 1 aromatic carbocycles. The normalized spacial score (nSPS) is 11.3. The molecule has 0 saturated carbocycles. The van der Waals surface area contributed by atoms with Crippen molar-refractivity contribution in [3.05, 3.63) is 46.7 Å². The highest BCUT2D eigenvalue weighted by molar-refractivity contribution is 8.01. The smallest absolute Gasteiger partial charge is 0.406 e. The third-order valence-electron chi connectivity index (χ3n) is 3.49. The molecule has 3 aromatic rings. The lowest BCUT2D eigenvalue weighted by Gasteiger charge is -2.15. The van der Waals surface area contributed by atoms with E-state index >= 15 is 0 Å². The number of thioether (sulfide) groups is 1. The summed E-state index contributed by atoms with van der Waals surface area (Å²) in [7, 11) is 1.75. The number of hydrogen-bond acceptors (Lipinski definition) is 8. The van der Waals surface area contributed by atoms with Gasteiger partial charge in [-0.15, -0.1) is 23.4 Å². The highest BCUT2D eigenvalue weighted by atomic mass is 32.2. The van der Waals surface area contributed by atoms with Gasteiger partial charge in [-0.1, -0.05) is 23.1 Å². The lowest BCUT2D eigenvalue weighted by atomic mass is 10.3. The first kappa shape index (κ1) is 21.4. The monoisotopic (exact) mass is 460 g/mol. The second kappa shape index (κ2) is 9.46. The zero-order chi connectivity index (χ0) is 20.9. The molecule has 154 valence electrons. The maximum absolute atomic E-state index is 12.2. The minimum absolute atomic E-state index is 0.0221. The Balaban J connectivity index is 1.48. The fraction of sp³-hybridized carbons (Fsp3) is 0.235. The van der Waals surface area contributed by atoms with Gasteiger partial charge in [0.15, 0.2) is 4.34 Å². The molecule has 0 aliphatic carbocycles. The molecular weight excluding hydrogens is 445 g/mol. The van der Waals surface area contributed by atoms with Crippen LogP contribution < -0.4 is 10.1 Å². The van der Waals surface area contributed by atoms with E-state index in [0.29, 0.717) is 21.7 Å². The molecule has 0 radical (unpaired) electrons. The number of nitrogens with one attached hydrogen (secondary N) is 1. The van der Waals surface area contributed by atoms with Gasteiger partial charge < -0.3 is 15.0 Å². The van der Waals surface area contributed by atoms with E-state index in [-0.39, 0.29) is 17.4 Å². The van der Waals surface area contributed by atoms with Gasteiger partial charge in [-0.2, -0.15) is 11.3 Å². The van der Waals surface area contributed by atoms with Crippen molar-refractivity contribution in [2.45, 2.75) is 17.2 Å². The van der Waals surface area contributed by atoms with Crippen LogP contribution in [0.4, 0.5) is 24.0 Å². The predicted molar refractivity (Wildman–Crippen MR) is 108 cm³/mol. The number of nitrogens with zero attached hydrogens (tertiary/aromatic N) is 3. The molecule has 2 heterocycles. The first-order valence-corrected chi connectivity index (χ1v) is 10.9. The zero-order valence-electron chi connectivity index (χ0n) is 15.0. The zero-order valence-corrected chi connectivity index (χ0v) is 17.4. The lowest BCUT2D eigenvalue weighted by Crippen LogP contribution is -2.27. The molecule has 1 N–H and O–H groups in total. The van der Waals surface area contributed by atoms with E-state index in [4.69, 9.17) is 0 Å². The van der Waals surface area contributed by atoms with Crippen LogP contribution in [-0.4, -0.2) is 40.2 Å². The topological polar surface area (TPSA) is 67.4 Å². The van der Waals surface area contributed by atoms with E-state index < -0.39 is 6.36 Å².